The van der Waals surface area contributed by atoms with Gasteiger partial charge in [0.1, 0.15) is 23.4 Å². The minimum Gasteiger partial charge on any atom is -0.489 e. The molecule has 1 saturated heterocycles. The molecule has 2 aromatic rings. The van der Waals surface area contributed by atoms with E-state index in [0.717, 1.165) is 56.0 Å². The smallest absolute Gasteiger partial charge is 0.180 e. The van der Waals surface area contributed by atoms with Gasteiger partial charge in [-0.3, -0.25) is 9.78 Å². The van der Waals surface area contributed by atoms with Gasteiger partial charge in [-0.05, 0) is 51.6 Å². The summed E-state index contributed by atoms with van der Waals surface area (Å²) in [6.45, 7) is 8.12. The van der Waals surface area contributed by atoms with Crippen molar-refractivity contribution in [2.24, 2.45) is 5.92 Å². The molecule has 1 aliphatic carbocycles. The Labute approximate surface area is 191 Å². The van der Waals surface area contributed by atoms with Crippen LogP contribution in [0.5, 0.6) is 5.75 Å². The average molecular weight is 438 g/mol. The van der Waals surface area contributed by atoms with Crippen molar-refractivity contribution in [2.45, 2.75) is 65.0 Å². The predicted molar refractivity (Wildman–Crippen MR) is 126 cm³/mol. The van der Waals surface area contributed by atoms with E-state index in [0.29, 0.717) is 23.9 Å². The van der Waals surface area contributed by atoms with Gasteiger partial charge in [0.2, 0.25) is 0 Å². The van der Waals surface area contributed by atoms with Gasteiger partial charge in [0.25, 0.3) is 0 Å². The third kappa shape index (κ3) is 4.93. The van der Waals surface area contributed by atoms with Gasteiger partial charge in [-0.1, -0.05) is 13.8 Å². The molecular weight excluding hydrogens is 402 g/mol. The maximum absolute atomic E-state index is 12.7. The first-order valence-electron chi connectivity index (χ1n) is 11.8. The monoisotopic (exact) mass is 437 g/mol. The Morgan fingerprint density at radius 3 is 2.81 bits per heavy atom. The van der Waals surface area contributed by atoms with Crippen LogP contribution in [0.15, 0.2) is 18.3 Å². The van der Waals surface area contributed by atoms with Crippen molar-refractivity contribution in [3.8, 4) is 17.3 Å². The molecule has 0 amide bonds. The summed E-state index contributed by atoms with van der Waals surface area (Å²) in [5, 5.41) is 0. The second-order valence-electron chi connectivity index (χ2n) is 9.67. The number of aromatic nitrogens is 3. The molecule has 0 aromatic carbocycles. The van der Waals surface area contributed by atoms with Crippen LogP contribution in [0, 0.1) is 5.92 Å². The van der Waals surface area contributed by atoms with Gasteiger partial charge in [0, 0.05) is 50.1 Å². The fourth-order valence-corrected chi connectivity index (χ4v) is 4.58. The Kier molecular flexibility index (Phi) is 6.74. The van der Waals surface area contributed by atoms with Crippen LogP contribution in [0.4, 0.5) is 5.82 Å². The number of aryl methyl sites for hydroxylation is 1. The van der Waals surface area contributed by atoms with E-state index in [1.165, 1.54) is 5.56 Å². The lowest BCUT2D eigenvalue weighted by atomic mass is 10.0. The highest BCUT2D eigenvalue weighted by atomic mass is 16.5. The normalized spacial score (nSPS) is 19.2. The van der Waals surface area contributed by atoms with Crippen molar-refractivity contribution in [2.75, 3.05) is 32.1 Å². The minimum absolute atomic E-state index is 0.200. The number of pyridine rings is 1. The maximum Gasteiger partial charge on any atom is 0.180 e. The lowest BCUT2D eigenvalue weighted by Crippen LogP contribution is -2.37. The van der Waals surface area contributed by atoms with Gasteiger partial charge in [0.05, 0.1) is 6.04 Å². The molecule has 7 heteroatoms. The zero-order valence-corrected chi connectivity index (χ0v) is 20.0. The SMILES string of the molecule is CC(C)CC(=O)[C@@H](C)N(C)c1nc(-c2cc(OC3CCN(C)C3)ccn2)nc2c1CCC2. The molecule has 0 spiro atoms. The number of ketones is 1. The van der Waals surface area contributed by atoms with Crippen molar-refractivity contribution in [1.29, 1.82) is 0 Å². The molecule has 0 radical (unpaired) electrons. The number of hydrogen-bond acceptors (Lipinski definition) is 7. The summed E-state index contributed by atoms with van der Waals surface area (Å²) in [6, 6.07) is 3.60. The van der Waals surface area contributed by atoms with E-state index in [1.807, 2.05) is 31.0 Å². The molecule has 4 rings (SSSR count). The molecule has 172 valence electrons. The van der Waals surface area contributed by atoms with Crippen molar-refractivity contribution in [1.82, 2.24) is 19.9 Å². The summed E-state index contributed by atoms with van der Waals surface area (Å²) in [7, 11) is 4.09. The number of Topliss-reactive ketones (excluding diaryl/α,β-unsaturated/α-hetero) is 1. The number of ether oxygens (including phenoxy) is 1. The number of nitrogens with zero attached hydrogens (tertiary/aromatic N) is 5. The fourth-order valence-electron chi connectivity index (χ4n) is 4.58. The van der Waals surface area contributed by atoms with Crippen LogP contribution in [0.3, 0.4) is 0 Å². The highest BCUT2D eigenvalue weighted by molar-refractivity contribution is 5.87. The Hall–Kier alpha value is -2.54. The van der Waals surface area contributed by atoms with E-state index in [-0.39, 0.29) is 17.9 Å². The first kappa shape index (κ1) is 22.6. The summed E-state index contributed by atoms with van der Waals surface area (Å²) >= 11 is 0. The van der Waals surface area contributed by atoms with Crippen LogP contribution in [-0.4, -0.2) is 65.0 Å². The number of carbonyl (C=O) groups excluding carboxylic acids is 1. The van der Waals surface area contributed by atoms with Crippen LogP contribution in [0.1, 0.15) is 51.3 Å². The van der Waals surface area contributed by atoms with Gasteiger partial charge in [-0.25, -0.2) is 9.97 Å². The molecule has 2 atom stereocenters. The summed E-state index contributed by atoms with van der Waals surface area (Å²) in [6.07, 6.45) is 6.51. The van der Waals surface area contributed by atoms with Crippen LogP contribution in [-0.2, 0) is 17.6 Å². The van der Waals surface area contributed by atoms with Crippen LogP contribution < -0.4 is 9.64 Å². The third-order valence-corrected chi connectivity index (χ3v) is 6.51. The lowest BCUT2D eigenvalue weighted by molar-refractivity contribution is -0.120. The van der Waals surface area contributed by atoms with Crippen molar-refractivity contribution >= 4 is 11.6 Å². The molecular formula is C25H35N5O2. The zero-order chi connectivity index (χ0) is 22.8. The number of likely N-dealkylation sites (N-methyl/N-ethyl adjacent to an activating group) is 2. The summed E-state index contributed by atoms with van der Waals surface area (Å²) < 4.78 is 6.19. The summed E-state index contributed by atoms with van der Waals surface area (Å²) in [5.41, 5.74) is 2.95. The van der Waals surface area contributed by atoms with E-state index < -0.39 is 0 Å². The maximum atomic E-state index is 12.7. The van der Waals surface area contributed by atoms with Crippen molar-refractivity contribution in [3.63, 3.8) is 0 Å². The first-order valence-corrected chi connectivity index (χ1v) is 11.8. The largest absolute Gasteiger partial charge is 0.489 e. The number of fused-ring (bicyclic) bond motifs is 1. The highest BCUT2D eigenvalue weighted by Gasteiger charge is 2.27. The molecule has 1 unspecified atom stereocenters. The van der Waals surface area contributed by atoms with E-state index in [2.05, 4.69) is 30.8 Å². The van der Waals surface area contributed by atoms with Crippen LogP contribution in [0.2, 0.25) is 0 Å². The summed E-state index contributed by atoms with van der Waals surface area (Å²) in [5.74, 6) is 2.85. The Bertz CT molecular complexity index is 977. The van der Waals surface area contributed by atoms with Crippen molar-refractivity contribution in [3.05, 3.63) is 29.6 Å². The molecule has 2 aliphatic rings. The number of hydrogen-bond donors (Lipinski definition) is 0. The van der Waals surface area contributed by atoms with E-state index in [9.17, 15) is 4.79 Å². The zero-order valence-electron chi connectivity index (χ0n) is 20.0. The van der Waals surface area contributed by atoms with Gasteiger partial charge in [-0.2, -0.15) is 0 Å². The van der Waals surface area contributed by atoms with Crippen LogP contribution >= 0.6 is 0 Å². The molecule has 1 aliphatic heterocycles. The molecule has 0 saturated carbocycles. The molecule has 32 heavy (non-hydrogen) atoms. The number of anilines is 1. The topological polar surface area (TPSA) is 71.5 Å². The molecule has 3 heterocycles. The molecule has 0 bridgehead atoms. The molecule has 7 nitrogen and oxygen atoms in total. The highest BCUT2D eigenvalue weighted by Crippen LogP contribution is 2.32. The number of carbonyl (C=O) groups is 1. The van der Waals surface area contributed by atoms with Crippen LogP contribution in [0.25, 0.3) is 11.5 Å². The standard InChI is InChI=1S/C25H35N5O2/c1-16(2)13-23(31)17(3)30(5)25-20-7-6-8-21(20)27-24(28-25)22-14-18(9-11-26-22)32-19-10-12-29(4)15-19/h9,11,14,16-17,19H,6-8,10,12-13,15H2,1-5H3/t17-,19?/m1/s1. The second kappa shape index (κ2) is 9.53. The molecule has 2 aromatic heterocycles. The quantitative estimate of drug-likeness (QED) is 0.625. The first-order chi connectivity index (χ1) is 15.3. The van der Waals surface area contributed by atoms with Crippen molar-refractivity contribution < 1.29 is 9.53 Å². The Morgan fingerprint density at radius 2 is 2.09 bits per heavy atom. The summed E-state index contributed by atoms with van der Waals surface area (Å²) in [4.78, 5) is 31.4. The average Bonchev–Trinajstić information content (AvgIpc) is 3.40. The van der Waals surface area contributed by atoms with Gasteiger partial charge < -0.3 is 14.5 Å². The van der Waals surface area contributed by atoms with E-state index >= 15 is 0 Å². The minimum atomic E-state index is -0.230. The van der Waals surface area contributed by atoms with Gasteiger partial charge >= 0.3 is 0 Å². The van der Waals surface area contributed by atoms with Gasteiger partial charge in [-0.15, -0.1) is 0 Å². The predicted octanol–water partition coefficient (Wildman–Crippen LogP) is 3.55. The second-order valence-corrected chi connectivity index (χ2v) is 9.67. The van der Waals surface area contributed by atoms with E-state index in [1.54, 1.807) is 6.20 Å². The van der Waals surface area contributed by atoms with Gasteiger partial charge in [0.15, 0.2) is 11.6 Å². The van der Waals surface area contributed by atoms with E-state index in [4.69, 9.17) is 14.7 Å². The fraction of sp³-hybridized carbons (Fsp3) is 0.600. The Morgan fingerprint density at radius 1 is 1.28 bits per heavy atom. The third-order valence-electron chi connectivity index (χ3n) is 6.51. The molecule has 0 N–H and O–H groups in total. The lowest BCUT2D eigenvalue weighted by Gasteiger charge is -2.27. The number of likely N-dealkylation sites (tertiary alicyclic amines) is 1. The molecule has 1 fully saturated rings. The number of rotatable bonds is 8. The Balaban J connectivity index is 1.62.